The second-order valence-corrected chi connectivity index (χ2v) is 9.04. The molecule has 1 aromatic carbocycles. The second kappa shape index (κ2) is 12.6. The van der Waals surface area contributed by atoms with Crippen LogP contribution < -0.4 is 10.6 Å². The van der Waals surface area contributed by atoms with Gasteiger partial charge < -0.3 is 10.6 Å². The number of piperidine rings is 1. The van der Waals surface area contributed by atoms with Crippen LogP contribution in [0.15, 0.2) is 34.2 Å². The molecule has 2 N–H and O–H groups in total. The number of sulfonamides is 1. The maximum absolute atomic E-state index is 12.8. The summed E-state index contributed by atoms with van der Waals surface area (Å²) in [5.74, 6) is 1.37. The molecule has 6 nitrogen and oxygen atoms in total. The Morgan fingerprint density at radius 1 is 1.14 bits per heavy atom. The summed E-state index contributed by atoms with van der Waals surface area (Å²) in [7, 11) is -1.65. The van der Waals surface area contributed by atoms with E-state index in [1.165, 1.54) is 0 Å². The average molecular weight is 522 g/mol. The second-order valence-electron chi connectivity index (χ2n) is 7.10. The molecule has 1 saturated heterocycles. The first-order valence-corrected chi connectivity index (χ1v) is 11.5. The van der Waals surface area contributed by atoms with Gasteiger partial charge in [0.05, 0.1) is 4.90 Å². The minimum Gasteiger partial charge on any atom is -0.356 e. The lowest BCUT2D eigenvalue weighted by atomic mass is 10.0. The first-order chi connectivity index (χ1) is 13.0. The lowest BCUT2D eigenvalue weighted by Gasteiger charge is -2.26. The minimum absolute atomic E-state index is 0. The number of nitrogens with one attached hydrogen (secondary N) is 2. The quantitative estimate of drug-likeness (QED) is 0.311. The summed E-state index contributed by atoms with van der Waals surface area (Å²) in [6.07, 6.45) is 5.27. The fraction of sp³-hybridized carbons (Fsp3) is 0.650. The fourth-order valence-electron chi connectivity index (χ4n) is 3.29. The molecular weight excluding hydrogens is 487 g/mol. The van der Waals surface area contributed by atoms with Gasteiger partial charge in [-0.15, -0.1) is 24.0 Å². The van der Waals surface area contributed by atoms with E-state index in [4.69, 9.17) is 0 Å². The minimum atomic E-state index is -3.40. The Bertz CT molecular complexity index is 715. The maximum Gasteiger partial charge on any atom is 0.243 e. The van der Waals surface area contributed by atoms with Crippen molar-refractivity contribution in [3.05, 3.63) is 29.8 Å². The topological polar surface area (TPSA) is 73.8 Å². The number of aliphatic imine (C=N–C) groups is 1. The van der Waals surface area contributed by atoms with Crippen LogP contribution in [-0.4, -0.2) is 45.4 Å². The van der Waals surface area contributed by atoms with Crippen molar-refractivity contribution in [3.63, 3.8) is 0 Å². The third-order valence-corrected chi connectivity index (χ3v) is 7.14. The maximum atomic E-state index is 12.8. The van der Waals surface area contributed by atoms with Crippen LogP contribution in [0.25, 0.3) is 0 Å². The van der Waals surface area contributed by atoms with Gasteiger partial charge in [0.15, 0.2) is 5.96 Å². The van der Waals surface area contributed by atoms with Crippen LogP contribution in [0.1, 0.15) is 51.5 Å². The summed E-state index contributed by atoms with van der Waals surface area (Å²) in [5.41, 5.74) is 0.929. The van der Waals surface area contributed by atoms with Gasteiger partial charge in [-0.3, -0.25) is 4.99 Å². The molecule has 1 aromatic rings. The predicted octanol–water partition coefficient (Wildman–Crippen LogP) is 3.58. The molecule has 0 unspecified atom stereocenters. The van der Waals surface area contributed by atoms with Crippen LogP contribution in [0.5, 0.6) is 0 Å². The first-order valence-electron chi connectivity index (χ1n) is 10.0. The van der Waals surface area contributed by atoms with E-state index in [0.717, 1.165) is 50.2 Å². The molecule has 0 aromatic heterocycles. The number of halogens is 1. The molecule has 1 aliphatic heterocycles. The van der Waals surface area contributed by atoms with Crippen LogP contribution in [0.2, 0.25) is 0 Å². The van der Waals surface area contributed by atoms with Gasteiger partial charge in [-0.25, -0.2) is 8.42 Å². The summed E-state index contributed by atoms with van der Waals surface area (Å²) in [6, 6.07) is 7.21. The Balaban J connectivity index is 0.00000392. The predicted molar refractivity (Wildman–Crippen MR) is 127 cm³/mol. The molecule has 0 spiro atoms. The van der Waals surface area contributed by atoms with Gasteiger partial charge in [0.25, 0.3) is 0 Å². The molecule has 0 aliphatic carbocycles. The zero-order chi connectivity index (χ0) is 19.7. The van der Waals surface area contributed by atoms with Crippen LogP contribution in [0.3, 0.4) is 0 Å². The SMILES string of the molecule is CCC(CC)CNC(=NC)NCc1cccc(S(=O)(=O)N2CCCCC2)c1.I. The Kier molecular flexibility index (Phi) is 11.4. The van der Waals surface area contributed by atoms with E-state index in [2.05, 4.69) is 29.5 Å². The highest BCUT2D eigenvalue weighted by Crippen LogP contribution is 2.21. The lowest BCUT2D eigenvalue weighted by molar-refractivity contribution is 0.346. The molecular formula is C20H35IN4O2S. The molecule has 0 bridgehead atoms. The molecule has 0 saturated carbocycles. The Hall–Kier alpha value is -0.870. The number of nitrogens with zero attached hydrogens (tertiary/aromatic N) is 2. The molecule has 0 amide bonds. The van der Waals surface area contributed by atoms with E-state index >= 15 is 0 Å². The highest BCUT2D eigenvalue weighted by molar-refractivity contribution is 14.0. The van der Waals surface area contributed by atoms with Crippen LogP contribution >= 0.6 is 24.0 Å². The third-order valence-electron chi connectivity index (χ3n) is 5.25. The Morgan fingerprint density at radius 3 is 2.43 bits per heavy atom. The van der Waals surface area contributed by atoms with E-state index < -0.39 is 10.0 Å². The molecule has 1 fully saturated rings. The first kappa shape index (κ1) is 25.2. The molecule has 0 atom stereocenters. The van der Waals surface area contributed by atoms with Crippen molar-refractivity contribution in [3.8, 4) is 0 Å². The highest BCUT2D eigenvalue weighted by atomic mass is 127. The third kappa shape index (κ3) is 7.18. The summed E-state index contributed by atoms with van der Waals surface area (Å²) >= 11 is 0. The molecule has 1 aliphatic rings. The zero-order valence-corrected chi connectivity index (χ0v) is 20.4. The fourth-order valence-corrected chi connectivity index (χ4v) is 4.88. The number of guanidine groups is 1. The zero-order valence-electron chi connectivity index (χ0n) is 17.3. The molecule has 1 heterocycles. The number of hydrogen-bond donors (Lipinski definition) is 2. The van der Waals surface area contributed by atoms with E-state index in [1.807, 2.05) is 12.1 Å². The van der Waals surface area contributed by atoms with Crippen LogP contribution in [0, 0.1) is 5.92 Å². The smallest absolute Gasteiger partial charge is 0.243 e. The van der Waals surface area contributed by atoms with Gasteiger partial charge in [0, 0.05) is 33.2 Å². The normalized spacial score (nSPS) is 15.9. The van der Waals surface area contributed by atoms with Crippen molar-refractivity contribution in [2.75, 3.05) is 26.7 Å². The van der Waals surface area contributed by atoms with Gasteiger partial charge in [0.2, 0.25) is 10.0 Å². The van der Waals surface area contributed by atoms with Gasteiger partial charge >= 0.3 is 0 Å². The molecule has 8 heteroatoms. The van der Waals surface area contributed by atoms with Crippen molar-refractivity contribution in [1.82, 2.24) is 14.9 Å². The Morgan fingerprint density at radius 2 is 1.82 bits per heavy atom. The summed E-state index contributed by atoms with van der Waals surface area (Å²) in [6.45, 7) is 7.05. The molecule has 2 rings (SSSR count). The van der Waals surface area contributed by atoms with Crippen molar-refractivity contribution >= 4 is 40.0 Å². The average Bonchev–Trinajstić information content (AvgIpc) is 2.71. The van der Waals surface area contributed by atoms with Crippen LogP contribution in [0.4, 0.5) is 0 Å². The van der Waals surface area contributed by atoms with Gasteiger partial charge in [-0.05, 0) is 36.5 Å². The highest BCUT2D eigenvalue weighted by Gasteiger charge is 2.25. The van der Waals surface area contributed by atoms with E-state index in [1.54, 1.807) is 23.5 Å². The van der Waals surface area contributed by atoms with Gasteiger partial charge in [-0.1, -0.05) is 45.2 Å². The molecule has 28 heavy (non-hydrogen) atoms. The standard InChI is InChI=1S/C20H34N4O2S.HI/c1-4-17(5-2)15-22-20(21-3)23-16-18-10-9-11-19(14-18)27(25,26)24-12-7-6-8-13-24;/h9-11,14,17H,4-8,12-13,15-16H2,1-3H3,(H2,21,22,23);1H. The van der Waals surface area contributed by atoms with E-state index in [0.29, 0.717) is 30.4 Å². The van der Waals surface area contributed by atoms with Crippen molar-refractivity contribution in [2.24, 2.45) is 10.9 Å². The number of rotatable bonds is 8. The summed E-state index contributed by atoms with van der Waals surface area (Å²) in [5, 5.41) is 6.63. The summed E-state index contributed by atoms with van der Waals surface area (Å²) in [4.78, 5) is 4.63. The number of hydrogen-bond acceptors (Lipinski definition) is 3. The Labute approximate surface area is 187 Å². The van der Waals surface area contributed by atoms with Crippen molar-refractivity contribution in [2.45, 2.75) is 57.4 Å². The summed E-state index contributed by atoms with van der Waals surface area (Å²) < 4.78 is 27.3. The van der Waals surface area contributed by atoms with E-state index in [9.17, 15) is 8.42 Å². The van der Waals surface area contributed by atoms with Crippen molar-refractivity contribution < 1.29 is 8.42 Å². The van der Waals surface area contributed by atoms with Crippen molar-refractivity contribution in [1.29, 1.82) is 0 Å². The molecule has 0 radical (unpaired) electrons. The largest absolute Gasteiger partial charge is 0.356 e. The lowest BCUT2D eigenvalue weighted by Crippen LogP contribution is -2.39. The van der Waals surface area contributed by atoms with Gasteiger partial charge in [0.1, 0.15) is 0 Å². The van der Waals surface area contributed by atoms with E-state index in [-0.39, 0.29) is 24.0 Å². The molecule has 160 valence electrons. The monoisotopic (exact) mass is 522 g/mol. The van der Waals surface area contributed by atoms with Gasteiger partial charge in [-0.2, -0.15) is 4.31 Å². The number of benzene rings is 1. The van der Waals surface area contributed by atoms with Crippen LogP contribution in [-0.2, 0) is 16.6 Å².